The molecule has 1 aliphatic heterocycles. The Morgan fingerprint density at radius 2 is 1.95 bits per heavy atom. The van der Waals surface area contributed by atoms with Gasteiger partial charge in [0.05, 0.1) is 22.2 Å². The lowest BCUT2D eigenvalue weighted by Gasteiger charge is -2.28. The van der Waals surface area contributed by atoms with E-state index in [1.165, 1.54) is 0 Å². The predicted octanol–water partition coefficient (Wildman–Crippen LogP) is 6.01. The van der Waals surface area contributed by atoms with Crippen LogP contribution in [0.4, 0.5) is 0 Å². The van der Waals surface area contributed by atoms with Gasteiger partial charge in [0.2, 0.25) is 0 Å². The van der Waals surface area contributed by atoms with Crippen molar-refractivity contribution in [3.05, 3.63) is 51.8 Å². The Labute approximate surface area is 229 Å². The molecule has 9 heteroatoms. The van der Waals surface area contributed by atoms with Crippen LogP contribution in [0.3, 0.4) is 0 Å². The van der Waals surface area contributed by atoms with E-state index in [9.17, 15) is 4.79 Å². The van der Waals surface area contributed by atoms with Gasteiger partial charge in [0.1, 0.15) is 18.2 Å². The summed E-state index contributed by atoms with van der Waals surface area (Å²) in [4.78, 5) is 26.0. The summed E-state index contributed by atoms with van der Waals surface area (Å²) < 4.78 is 15.0. The van der Waals surface area contributed by atoms with E-state index in [1.807, 2.05) is 36.7 Å². The van der Waals surface area contributed by atoms with E-state index in [4.69, 9.17) is 14.5 Å². The van der Waals surface area contributed by atoms with Crippen molar-refractivity contribution in [3.63, 3.8) is 0 Å². The topological polar surface area (TPSA) is 69.5 Å². The summed E-state index contributed by atoms with van der Waals surface area (Å²) in [5, 5.41) is 3.70. The lowest BCUT2D eigenvalue weighted by atomic mass is 9.98. The summed E-state index contributed by atoms with van der Waals surface area (Å²) in [6.45, 7) is 12.6. The lowest BCUT2D eigenvalue weighted by Crippen LogP contribution is -2.32. The molecule has 202 valence electrons. The molecule has 0 amide bonds. The van der Waals surface area contributed by atoms with Crippen molar-refractivity contribution in [1.29, 1.82) is 0 Å². The predicted molar refractivity (Wildman–Crippen MR) is 159 cm³/mol. The van der Waals surface area contributed by atoms with Crippen LogP contribution >= 0.6 is 11.3 Å². The van der Waals surface area contributed by atoms with Crippen LogP contribution in [0.5, 0.6) is 5.75 Å². The van der Waals surface area contributed by atoms with Gasteiger partial charge in [-0.3, -0.25) is 14.3 Å². The molecule has 0 saturated carbocycles. The molecule has 4 heterocycles. The lowest BCUT2D eigenvalue weighted by molar-refractivity contribution is 0.0856. The zero-order valence-corrected chi connectivity index (χ0v) is 24.9. The van der Waals surface area contributed by atoms with E-state index < -0.39 is 8.07 Å². The number of hydrogen-bond acceptors (Lipinski definition) is 7. The molecule has 0 radical (unpaired) electrons. The number of rotatable bonds is 9. The van der Waals surface area contributed by atoms with Crippen molar-refractivity contribution in [2.45, 2.75) is 52.2 Å². The number of likely N-dealkylation sites (tertiary alicyclic amines) is 1. The first-order chi connectivity index (χ1) is 18.2. The fourth-order valence-corrected chi connectivity index (χ4v) is 6.33. The van der Waals surface area contributed by atoms with Gasteiger partial charge in [-0.25, -0.2) is 4.98 Å². The fourth-order valence-electron chi connectivity index (χ4n) is 4.83. The molecule has 0 aliphatic carbocycles. The van der Waals surface area contributed by atoms with Crippen LogP contribution in [-0.4, -0.2) is 60.9 Å². The van der Waals surface area contributed by atoms with Gasteiger partial charge in [0, 0.05) is 20.9 Å². The summed E-state index contributed by atoms with van der Waals surface area (Å²) in [5.74, 6) is 1.80. The molecule has 0 N–H and O–H groups in total. The maximum Gasteiger partial charge on any atom is 0.263 e. The minimum Gasteiger partial charge on any atom is -0.493 e. The van der Waals surface area contributed by atoms with Crippen LogP contribution in [0, 0.1) is 12.8 Å². The molecule has 5 rings (SSSR count). The standard InChI is InChI=1S/C29H38N4O3SSi/c1-20-14-23(36-18-21-6-9-32(2)10-7-21)16-24-27(20)31-28(25-15-22-8-12-37-26(22)17-30-25)33(29(24)34)19-35-11-13-38(3,4)5/h8,12,14-17,21H,6-7,9-11,13,18-19H2,1-5H3. The van der Waals surface area contributed by atoms with Gasteiger partial charge < -0.3 is 14.4 Å². The van der Waals surface area contributed by atoms with Crippen LogP contribution < -0.4 is 10.3 Å². The average molecular weight is 551 g/mol. The van der Waals surface area contributed by atoms with Gasteiger partial charge in [0.15, 0.2) is 5.82 Å². The van der Waals surface area contributed by atoms with E-state index in [1.54, 1.807) is 15.9 Å². The van der Waals surface area contributed by atoms with E-state index in [0.29, 0.717) is 41.6 Å². The molecule has 0 unspecified atom stereocenters. The summed E-state index contributed by atoms with van der Waals surface area (Å²) >= 11 is 1.65. The highest BCUT2D eigenvalue weighted by Gasteiger charge is 2.20. The third-order valence-corrected chi connectivity index (χ3v) is 9.90. The van der Waals surface area contributed by atoms with Crippen LogP contribution in [-0.2, 0) is 11.5 Å². The van der Waals surface area contributed by atoms with E-state index in [-0.39, 0.29) is 12.3 Å². The zero-order chi connectivity index (χ0) is 26.9. The van der Waals surface area contributed by atoms with Crippen LogP contribution in [0.25, 0.3) is 32.5 Å². The number of ether oxygens (including phenoxy) is 2. The highest BCUT2D eigenvalue weighted by Crippen LogP contribution is 2.28. The molecule has 1 saturated heterocycles. The number of aromatic nitrogens is 3. The third-order valence-electron chi connectivity index (χ3n) is 7.33. The summed E-state index contributed by atoms with van der Waals surface area (Å²) in [6.07, 6.45) is 4.13. The molecule has 7 nitrogen and oxygen atoms in total. The number of aryl methyl sites for hydroxylation is 1. The molecule has 0 atom stereocenters. The van der Waals surface area contributed by atoms with Crippen molar-refractivity contribution >= 4 is 40.4 Å². The normalized spacial score (nSPS) is 15.5. The molecule has 1 aromatic carbocycles. The molecular formula is C29H38N4O3SSi. The molecule has 3 aromatic heterocycles. The number of piperidine rings is 1. The second-order valence-electron chi connectivity index (χ2n) is 11.7. The Morgan fingerprint density at radius 1 is 1.16 bits per heavy atom. The Morgan fingerprint density at radius 3 is 2.71 bits per heavy atom. The summed E-state index contributed by atoms with van der Waals surface area (Å²) in [6, 6.07) is 8.96. The van der Waals surface area contributed by atoms with Crippen LogP contribution in [0.2, 0.25) is 25.7 Å². The number of fused-ring (bicyclic) bond motifs is 2. The smallest absolute Gasteiger partial charge is 0.263 e. The maximum atomic E-state index is 13.9. The molecule has 1 fully saturated rings. The molecular weight excluding hydrogens is 512 g/mol. The quantitative estimate of drug-likeness (QED) is 0.188. The van der Waals surface area contributed by atoms with Crippen LogP contribution in [0.15, 0.2) is 40.6 Å². The van der Waals surface area contributed by atoms with Crippen molar-refractivity contribution in [3.8, 4) is 17.3 Å². The largest absolute Gasteiger partial charge is 0.493 e. The number of benzene rings is 1. The van der Waals surface area contributed by atoms with Crippen molar-refractivity contribution in [2.24, 2.45) is 5.92 Å². The first-order valence-corrected chi connectivity index (χ1v) is 18.0. The molecule has 0 spiro atoms. The van der Waals surface area contributed by atoms with Gasteiger partial charge in [-0.15, -0.1) is 11.3 Å². The SMILES string of the molecule is Cc1cc(OCC2CCN(C)CC2)cc2c(=O)n(COCC[Si](C)(C)C)c(-c3cc4ccsc4cn3)nc12. The Hall–Kier alpha value is -2.59. The van der Waals surface area contributed by atoms with E-state index >= 15 is 0 Å². The summed E-state index contributed by atoms with van der Waals surface area (Å²) in [5.41, 5.74) is 2.15. The first kappa shape index (κ1) is 27.0. The van der Waals surface area contributed by atoms with Gasteiger partial charge in [0.25, 0.3) is 5.56 Å². The minimum absolute atomic E-state index is 0.127. The average Bonchev–Trinajstić information content (AvgIpc) is 3.35. The van der Waals surface area contributed by atoms with Crippen molar-refractivity contribution in [1.82, 2.24) is 19.4 Å². The number of pyridine rings is 1. The van der Waals surface area contributed by atoms with Gasteiger partial charge in [-0.2, -0.15) is 0 Å². The zero-order valence-electron chi connectivity index (χ0n) is 23.1. The number of thiophene rings is 1. The number of hydrogen-bond donors (Lipinski definition) is 0. The third kappa shape index (κ3) is 6.17. The summed E-state index contributed by atoms with van der Waals surface area (Å²) in [7, 11) is 0.912. The molecule has 38 heavy (non-hydrogen) atoms. The Bertz CT molecular complexity index is 1490. The van der Waals surface area contributed by atoms with Crippen molar-refractivity contribution < 1.29 is 9.47 Å². The van der Waals surface area contributed by atoms with Crippen LogP contribution in [0.1, 0.15) is 18.4 Å². The minimum atomic E-state index is -1.25. The molecule has 4 aromatic rings. The maximum absolute atomic E-state index is 13.9. The fraction of sp³-hybridized carbons (Fsp3) is 0.483. The van der Waals surface area contributed by atoms with E-state index in [0.717, 1.165) is 53.4 Å². The monoisotopic (exact) mass is 550 g/mol. The second-order valence-corrected chi connectivity index (χ2v) is 18.3. The van der Waals surface area contributed by atoms with Gasteiger partial charge >= 0.3 is 0 Å². The Balaban J connectivity index is 1.50. The second kappa shape index (κ2) is 11.3. The molecule has 1 aliphatic rings. The Kier molecular flexibility index (Phi) is 8.00. The highest BCUT2D eigenvalue weighted by atomic mass is 32.1. The first-order valence-electron chi connectivity index (χ1n) is 13.5. The van der Waals surface area contributed by atoms with Crippen molar-refractivity contribution in [2.75, 3.05) is 33.4 Å². The van der Waals surface area contributed by atoms with Gasteiger partial charge in [-0.05, 0) is 92.5 Å². The number of nitrogens with zero attached hydrogens (tertiary/aromatic N) is 4. The van der Waals surface area contributed by atoms with E-state index in [2.05, 4.69) is 42.6 Å². The molecule has 0 bridgehead atoms. The van der Waals surface area contributed by atoms with Gasteiger partial charge in [-0.1, -0.05) is 19.6 Å². The highest BCUT2D eigenvalue weighted by molar-refractivity contribution is 7.17.